The Kier molecular flexibility index (Phi) is 7.36. The van der Waals surface area contributed by atoms with E-state index < -0.39 is 5.41 Å². The van der Waals surface area contributed by atoms with E-state index in [2.05, 4.69) is 10.3 Å². The van der Waals surface area contributed by atoms with Crippen molar-refractivity contribution in [2.75, 3.05) is 20.1 Å². The van der Waals surface area contributed by atoms with Gasteiger partial charge in [-0.2, -0.15) is 0 Å². The fourth-order valence-electron chi connectivity index (χ4n) is 2.71. The highest BCUT2D eigenvalue weighted by Crippen LogP contribution is 2.19. The Morgan fingerprint density at radius 1 is 1.04 bits per heavy atom. The van der Waals surface area contributed by atoms with Crippen molar-refractivity contribution in [1.29, 1.82) is 0 Å². The number of halogens is 1. The van der Waals surface area contributed by atoms with Gasteiger partial charge in [0.1, 0.15) is 5.41 Å². The SMILES string of the molecule is CN(CCc1ccncc1)C(=O)C(C)(C)C(=O)NCCc1ccc(Cl)cc1. The van der Waals surface area contributed by atoms with E-state index >= 15 is 0 Å². The van der Waals surface area contributed by atoms with Crippen LogP contribution in [-0.4, -0.2) is 41.8 Å². The summed E-state index contributed by atoms with van der Waals surface area (Å²) in [5.74, 6) is -0.460. The molecule has 0 unspecified atom stereocenters. The van der Waals surface area contributed by atoms with E-state index in [9.17, 15) is 9.59 Å². The number of aromatic nitrogens is 1. The van der Waals surface area contributed by atoms with E-state index in [-0.39, 0.29) is 11.8 Å². The smallest absolute Gasteiger partial charge is 0.237 e. The second-order valence-electron chi connectivity index (χ2n) is 7.09. The number of rotatable bonds is 8. The third-order valence-electron chi connectivity index (χ3n) is 4.55. The van der Waals surface area contributed by atoms with Gasteiger partial charge < -0.3 is 10.2 Å². The lowest BCUT2D eigenvalue weighted by Gasteiger charge is -2.28. The van der Waals surface area contributed by atoms with Gasteiger partial charge in [0, 0.05) is 37.6 Å². The van der Waals surface area contributed by atoms with Crippen LogP contribution in [0.1, 0.15) is 25.0 Å². The zero-order valence-corrected chi connectivity index (χ0v) is 16.8. The summed E-state index contributed by atoms with van der Waals surface area (Å²) in [6, 6.07) is 11.4. The lowest BCUT2D eigenvalue weighted by molar-refractivity contribution is -0.147. The Balaban J connectivity index is 1.83. The molecule has 0 aliphatic heterocycles. The molecular formula is C21H26ClN3O2. The molecule has 0 radical (unpaired) electrons. The number of nitrogens with one attached hydrogen (secondary N) is 1. The summed E-state index contributed by atoms with van der Waals surface area (Å²) in [5.41, 5.74) is 1.07. The second-order valence-corrected chi connectivity index (χ2v) is 7.53. The standard InChI is InChI=1S/C21H26ClN3O2/c1-21(2,19(26)24-14-10-16-4-6-18(22)7-5-16)20(27)25(3)15-11-17-8-12-23-13-9-17/h4-9,12-13H,10-11,14-15H2,1-3H3,(H,24,26). The average molecular weight is 388 g/mol. The number of nitrogens with zero attached hydrogens (tertiary/aromatic N) is 2. The van der Waals surface area contributed by atoms with Crippen LogP contribution in [0.4, 0.5) is 0 Å². The van der Waals surface area contributed by atoms with E-state index in [1.165, 1.54) is 0 Å². The van der Waals surface area contributed by atoms with Gasteiger partial charge >= 0.3 is 0 Å². The van der Waals surface area contributed by atoms with Crippen molar-refractivity contribution in [2.24, 2.45) is 5.41 Å². The predicted molar refractivity (Wildman–Crippen MR) is 108 cm³/mol. The number of benzene rings is 1. The van der Waals surface area contributed by atoms with E-state index in [1.807, 2.05) is 36.4 Å². The Bertz CT molecular complexity index is 761. The number of carbonyl (C=O) groups is 2. The van der Waals surface area contributed by atoms with Gasteiger partial charge in [0.05, 0.1) is 0 Å². The summed E-state index contributed by atoms with van der Waals surface area (Å²) < 4.78 is 0. The molecule has 1 aromatic carbocycles. The number of likely N-dealkylation sites (N-methyl/N-ethyl adjacent to an activating group) is 1. The highest BCUT2D eigenvalue weighted by Gasteiger charge is 2.37. The molecule has 0 aliphatic rings. The molecule has 0 spiro atoms. The lowest BCUT2D eigenvalue weighted by Crippen LogP contribution is -2.49. The van der Waals surface area contributed by atoms with Crippen molar-refractivity contribution < 1.29 is 9.59 Å². The van der Waals surface area contributed by atoms with Crippen LogP contribution in [0.15, 0.2) is 48.8 Å². The summed E-state index contributed by atoms with van der Waals surface area (Å²) in [6.07, 6.45) is 4.87. The third kappa shape index (κ3) is 6.07. The van der Waals surface area contributed by atoms with E-state index in [0.717, 1.165) is 17.5 Å². The molecule has 2 aromatic rings. The van der Waals surface area contributed by atoms with Gasteiger partial charge in [-0.1, -0.05) is 23.7 Å². The molecule has 1 aromatic heterocycles. The molecule has 6 heteroatoms. The van der Waals surface area contributed by atoms with Gasteiger partial charge in [-0.05, 0) is 62.1 Å². The van der Waals surface area contributed by atoms with Gasteiger partial charge in [0.2, 0.25) is 11.8 Å². The maximum Gasteiger partial charge on any atom is 0.237 e. The molecule has 5 nitrogen and oxygen atoms in total. The Morgan fingerprint density at radius 3 is 2.26 bits per heavy atom. The first-order valence-electron chi connectivity index (χ1n) is 8.98. The maximum absolute atomic E-state index is 12.7. The number of hydrogen-bond donors (Lipinski definition) is 1. The Hall–Kier alpha value is -2.40. The van der Waals surface area contributed by atoms with Crippen LogP contribution in [0, 0.1) is 5.41 Å². The normalized spacial score (nSPS) is 11.1. The van der Waals surface area contributed by atoms with Crippen molar-refractivity contribution in [2.45, 2.75) is 26.7 Å². The van der Waals surface area contributed by atoms with E-state index in [1.54, 1.807) is 38.2 Å². The Labute approximate surface area is 165 Å². The fourth-order valence-corrected chi connectivity index (χ4v) is 2.84. The van der Waals surface area contributed by atoms with Gasteiger partial charge in [0.25, 0.3) is 0 Å². The first kappa shape index (κ1) is 20.9. The molecule has 0 atom stereocenters. The van der Waals surface area contributed by atoms with Crippen molar-refractivity contribution >= 4 is 23.4 Å². The van der Waals surface area contributed by atoms with E-state index in [0.29, 0.717) is 24.5 Å². The molecule has 2 amide bonds. The van der Waals surface area contributed by atoms with Crippen molar-refractivity contribution in [3.63, 3.8) is 0 Å². The lowest BCUT2D eigenvalue weighted by atomic mass is 9.90. The minimum atomic E-state index is -1.12. The zero-order valence-electron chi connectivity index (χ0n) is 16.0. The maximum atomic E-state index is 12.7. The summed E-state index contributed by atoms with van der Waals surface area (Å²) in [6.45, 7) is 4.34. The van der Waals surface area contributed by atoms with Crippen LogP contribution < -0.4 is 5.32 Å². The minimum absolute atomic E-state index is 0.194. The van der Waals surface area contributed by atoms with Gasteiger partial charge in [-0.15, -0.1) is 0 Å². The quantitative estimate of drug-likeness (QED) is 0.708. The number of hydrogen-bond acceptors (Lipinski definition) is 3. The summed E-state index contributed by atoms with van der Waals surface area (Å²) in [7, 11) is 1.73. The number of pyridine rings is 1. The molecule has 0 saturated carbocycles. The highest BCUT2D eigenvalue weighted by atomic mass is 35.5. The minimum Gasteiger partial charge on any atom is -0.355 e. The van der Waals surface area contributed by atoms with Crippen LogP contribution in [-0.2, 0) is 22.4 Å². The first-order valence-corrected chi connectivity index (χ1v) is 9.35. The van der Waals surface area contributed by atoms with Crippen LogP contribution in [0.25, 0.3) is 0 Å². The van der Waals surface area contributed by atoms with Gasteiger partial charge in [-0.3, -0.25) is 14.6 Å². The largest absolute Gasteiger partial charge is 0.355 e. The molecule has 144 valence electrons. The molecule has 1 heterocycles. The molecule has 0 saturated heterocycles. The Morgan fingerprint density at radius 2 is 1.63 bits per heavy atom. The van der Waals surface area contributed by atoms with Crippen LogP contribution in [0.2, 0.25) is 5.02 Å². The monoisotopic (exact) mass is 387 g/mol. The molecule has 2 rings (SSSR count). The molecule has 27 heavy (non-hydrogen) atoms. The third-order valence-corrected chi connectivity index (χ3v) is 4.80. The summed E-state index contributed by atoms with van der Waals surface area (Å²) in [5, 5.41) is 3.55. The summed E-state index contributed by atoms with van der Waals surface area (Å²) >= 11 is 5.87. The molecular weight excluding hydrogens is 362 g/mol. The topological polar surface area (TPSA) is 62.3 Å². The first-order chi connectivity index (χ1) is 12.8. The molecule has 0 aliphatic carbocycles. The second kappa shape index (κ2) is 9.51. The van der Waals surface area contributed by atoms with Gasteiger partial charge in [-0.25, -0.2) is 0 Å². The van der Waals surface area contributed by atoms with Crippen LogP contribution in [0.5, 0.6) is 0 Å². The fraction of sp³-hybridized carbons (Fsp3) is 0.381. The highest BCUT2D eigenvalue weighted by molar-refractivity contribution is 6.30. The van der Waals surface area contributed by atoms with E-state index in [4.69, 9.17) is 11.6 Å². The molecule has 0 bridgehead atoms. The summed E-state index contributed by atoms with van der Waals surface area (Å²) in [4.78, 5) is 30.9. The van der Waals surface area contributed by atoms with Crippen LogP contribution >= 0.6 is 11.6 Å². The molecule has 1 N–H and O–H groups in total. The van der Waals surface area contributed by atoms with Crippen molar-refractivity contribution in [3.8, 4) is 0 Å². The number of amides is 2. The number of carbonyl (C=O) groups excluding carboxylic acids is 2. The predicted octanol–water partition coefficient (Wildman–Crippen LogP) is 3.12. The van der Waals surface area contributed by atoms with Crippen molar-refractivity contribution in [1.82, 2.24) is 15.2 Å². The van der Waals surface area contributed by atoms with Crippen molar-refractivity contribution in [3.05, 3.63) is 64.9 Å². The van der Waals surface area contributed by atoms with Gasteiger partial charge in [0.15, 0.2) is 0 Å². The van der Waals surface area contributed by atoms with Crippen LogP contribution in [0.3, 0.4) is 0 Å². The zero-order chi connectivity index (χ0) is 19.9. The average Bonchev–Trinajstić information content (AvgIpc) is 2.67. The molecule has 0 fully saturated rings.